The third kappa shape index (κ3) is 3.84. The highest BCUT2D eigenvalue weighted by molar-refractivity contribution is 9.12. The lowest BCUT2D eigenvalue weighted by Crippen LogP contribution is -2.37. The molecule has 0 saturated heterocycles. The first kappa shape index (κ1) is 19.8. The van der Waals surface area contributed by atoms with E-state index >= 15 is 0 Å². The molecule has 1 N–H and O–H groups in total. The Hall–Kier alpha value is -2.94. The molecule has 0 radical (unpaired) electrons. The van der Waals surface area contributed by atoms with Crippen molar-refractivity contribution in [3.8, 4) is 0 Å². The van der Waals surface area contributed by atoms with Crippen molar-refractivity contribution < 1.29 is 0 Å². The largest absolute Gasteiger partial charge is 0.332 e. The number of allylic oxidation sites excluding steroid dienone is 1. The van der Waals surface area contributed by atoms with Gasteiger partial charge >= 0.3 is 5.69 Å². The van der Waals surface area contributed by atoms with E-state index in [9.17, 15) is 9.59 Å². The number of nitrogens with one attached hydrogen (secondary N) is 1. The Morgan fingerprint density at radius 3 is 2.61 bits per heavy atom. The van der Waals surface area contributed by atoms with Gasteiger partial charge in [-0.15, -0.1) is 0 Å². The van der Waals surface area contributed by atoms with Gasteiger partial charge in [0.05, 0.1) is 6.21 Å². The van der Waals surface area contributed by atoms with E-state index in [1.165, 1.54) is 11.6 Å². The number of imidazole rings is 1. The second-order valence-electron chi connectivity index (χ2n) is 6.27. The Morgan fingerprint density at radius 1 is 1.21 bits per heavy atom. The number of anilines is 1. The van der Waals surface area contributed by atoms with Crippen molar-refractivity contribution in [2.24, 2.45) is 19.2 Å². The molecule has 0 saturated carbocycles. The van der Waals surface area contributed by atoms with Crippen LogP contribution in [-0.4, -0.2) is 24.9 Å². The smallest absolute Gasteiger partial charge is 0.303 e. The summed E-state index contributed by atoms with van der Waals surface area (Å²) in [5.41, 5.74) is 3.84. The summed E-state index contributed by atoms with van der Waals surface area (Å²) in [6.45, 7) is 2.58. The minimum atomic E-state index is -0.415. The van der Waals surface area contributed by atoms with Crippen LogP contribution in [0.1, 0.15) is 18.9 Å². The minimum absolute atomic E-state index is 0.332. The molecule has 0 bridgehead atoms. The second kappa shape index (κ2) is 8.39. The predicted octanol–water partition coefficient (Wildman–Crippen LogP) is 2.68. The highest BCUT2D eigenvalue weighted by Gasteiger charge is 2.18. The SMILES string of the molecule is CCCn1c(N/N=C/C(Br)=C\c2ccccc2)nc2c1c(=O)n(C)c(=O)n2C. The highest BCUT2D eigenvalue weighted by Crippen LogP contribution is 2.16. The average molecular weight is 445 g/mol. The summed E-state index contributed by atoms with van der Waals surface area (Å²) in [6, 6.07) is 9.84. The van der Waals surface area contributed by atoms with Crippen molar-refractivity contribution in [2.45, 2.75) is 19.9 Å². The molecular weight excluding hydrogens is 424 g/mol. The van der Waals surface area contributed by atoms with Crippen molar-refractivity contribution in [1.29, 1.82) is 0 Å². The zero-order valence-corrected chi connectivity index (χ0v) is 17.5. The molecule has 3 aromatic rings. The van der Waals surface area contributed by atoms with Crippen LogP contribution in [0.25, 0.3) is 17.2 Å². The standard InChI is InChI=1S/C19H21BrN6O2/c1-4-10-26-15-16(24(2)19(28)25(3)17(15)27)22-18(26)23-21-12-14(20)11-13-8-6-5-7-9-13/h5-9,11-12H,4,10H2,1-3H3,(H,22,23)/b14-11+,21-12+. The number of hydrogen-bond donors (Lipinski definition) is 1. The normalized spacial score (nSPS) is 12.2. The maximum absolute atomic E-state index is 12.6. The van der Waals surface area contributed by atoms with Gasteiger partial charge in [-0.1, -0.05) is 37.3 Å². The molecule has 0 spiro atoms. The Morgan fingerprint density at radius 2 is 1.93 bits per heavy atom. The zero-order valence-electron chi connectivity index (χ0n) is 15.9. The number of benzene rings is 1. The summed E-state index contributed by atoms with van der Waals surface area (Å²) in [4.78, 5) is 29.2. The van der Waals surface area contributed by atoms with Crippen molar-refractivity contribution in [3.05, 3.63) is 61.2 Å². The summed E-state index contributed by atoms with van der Waals surface area (Å²) >= 11 is 3.46. The van der Waals surface area contributed by atoms with E-state index in [2.05, 4.69) is 31.4 Å². The first-order valence-corrected chi connectivity index (χ1v) is 9.61. The Kier molecular flexibility index (Phi) is 5.93. The van der Waals surface area contributed by atoms with Crippen molar-refractivity contribution >= 4 is 45.3 Å². The van der Waals surface area contributed by atoms with Gasteiger partial charge in [0.2, 0.25) is 5.95 Å². The van der Waals surface area contributed by atoms with Gasteiger partial charge in [-0.3, -0.25) is 13.9 Å². The summed E-state index contributed by atoms with van der Waals surface area (Å²) < 4.78 is 4.97. The minimum Gasteiger partial charge on any atom is -0.303 e. The number of hydrogen-bond acceptors (Lipinski definition) is 5. The van der Waals surface area contributed by atoms with E-state index in [1.54, 1.807) is 17.8 Å². The van der Waals surface area contributed by atoms with Gasteiger partial charge in [0, 0.05) is 25.1 Å². The van der Waals surface area contributed by atoms with Crippen LogP contribution in [0.3, 0.4) is 0 Å². The molecule has 0 aliphatic carbocycles. The lowest BCUT2D eigenvalue weighted by atomic mass is 10.2. The summed E-state index contributed by atoms with van der Waals surface area (Å²) in [5.74, 6) is 0.409. The Balaban J connectivity index is 1.97. The first-order valence-electron chi connectivity index (χ1n) is 8.81. The molecule has 2 aromatic heterocycles. The lowest BCUT2D eigenvalue weighted by Gasteiger charge is -2.07. The maximum Gasteiger partial charge on any atom is 0.332 e. The quantitative estimate of drug-likeness (QED) is 0.467. The molecule has 0 aliphatic rings. The molecule has 2 heterocycles. The predicted molar refractivity (Wildman–Crippen MR) is 116 cm³/mol. The summed E-state index contributed by atoms with van der Waals surface area (Å²) in [6.07, 6.45) is 4.34. The monoisotopic (exact) mass is 444 g/mol. The fraction of sp³-hybridized carbons (Fsp3) is 0.263. The molecule has 0 atom stereocenters. The van der Waals surface area contributed by atoms with Crippen molar-refractivity contribution in [2.75, 3.05) is 5.43 Å². The van der Waals surface area contributed by atoms with Crippen LogP contribution in [0.4, 0.5) is 5.95 Å². The average Bonchev–Trinajstić information content (AvgIpc) is 3.04. The van der Waals surface area contributed by atoms with Gasteiger partial charge in [-0.2, -0.15) is 10.1 Å². The number of halogens is 1. The molecule has 8 nitrogen and oxygen atoms in total. The van der Waals surface area contributed by atoms with Crippen LogP contribution in [-0.2, 0) is 20.6 Å². The molecular formula is C19H21BrN6O2. The third-order valence-electron chi connectivity index (χ3n) is 4.25. The molecule has 0 aliphatic heterocycles. The van der Waals surface area contributed by atoms with Crippen LogP contribution >= 0.6 is 15.9 Å². The Labute approximate surface area is 170 Å². The number of nitrogens with zero attached hydrogens (tertiary/aromatic N) is 5. The highest BCUT2D eigenvalue weighted by atomic mass is 79.9. The van der Waals surface area contributed by atoms with E-state index in [-0.39, 0.29) is 5.56 Å². The van der Waals surface area contributed by atoms with Gasteiger partial charge in [-0.05, 0) is 34.0 Å². The topological polar surface area (TPSA) is 86.2 Å². The second-order valence-corrected chi connectivity index (χ2v) is 7.19. The van der Waals surface area contributed by atoms with E-state index in [0.29, 0.717) is 23.7 Å². The van der Waals surface area contributed by atoms with Gasteiger partial charge in [0.1, 0.15) is 0 Å². The van der Waals surface area contributed by atoms with Gasteiger partial charge in [0.25, 0.3) is 5.56 Å². The summed E-state index contributed by atoms with van der Waals surface area (Å²) in [5, 5.41) is 4.21. The number of aromatic nitrogens is 4. The Bertz CT molecular complexity index is 1170. The molecule has 0 fully saturated rings. The fourth-order valence-electron chi connectivity index (χ4n) is 2.87. The van der Waals surface area contributed by atoms with Crippen LogP contribution in [0.15, 0.2) is 49.5 Å². The van der Waals surface area contributed by atoms with Gasteiger partial charge in [0.15, 0.2) is 11.2 Å². The number of hydrazone groups is 1. The molecule has 28 heavy (non-hydrogen) atoms. The van der Waals surface area contributed by atoms with Gasteiger partial charge in [-0.25, -0.2) is 10.2 Å². The number of aryl methyl sites for hydroxylation is 2. The number of rotatable bonds is 6. The molecule has 0 unspecified atom stereocenters. The van der Waals surface area contributed by atoms with Crippen LogP contribution in [0.2, 0.25) is 0 Å². The van der Waals surface area contributed by atoms with Crippen LogP contribution in [0.5, 0.6) is 0 Å². The first-order chi connectivity index (χ1) is 13.4. The molecule has 146 valence electrons. The number of fused-ring (bicyclic) bond motifs is 1. The van der Waals surface area contributed by atoms with Crippen molar-refractivity contribution in [1.82, 2.24) is 18.7 Å². The lowest BCUT2D eigenvalue weighted by molar-refractivity contribution is 0.679. The molecule has 3 rings (SSSR count). The third-order valence-corrected chi connectivity index (χ3v) is 4.69. The van der Waals surface area contributed by atoms with Crippen LogP contribution < -0.4 is 16.7 Å². The van der Waals surface area contributed by atoms with E-state index in [4.69, 9.17) is 0 Å². The van der Waals surface area contributed by atoms with E-state index in [1.807, 2.05) is 43.3 Å². The molecule has 1 aromatic carbocycles. The van der Waals surface area contributed by atoms with E-state index < -0.39 is 5.69 Å². The van der Waals surface area contributed by atoms with E-state index in [0.717, 1.165) is 21.0 Å². The molecule has 0 amide bonds. The molecule has 9 heteroatoms. The van der Waals surface area contributed by atoms with Crippen molar-refractivity contribution in [3.63, 3.8) is 0 Å². The van der Waals surface area contributed by atoms with Gasteiger partial charge < -0.3 is 4.57 Å². The maximum atomic E-state index is 12.6. The van der Waals surface area contributed by atoms with Crippen LogP contribution in [0, 0.1) is 0 Å². The summed E-state index contributed by atoms with van der Waals surface area (Å²) in [7, 11) is 3.06. The zero-order chi connectivity index (χ0) is 20.3. The fourth-order valence-corrected chi connectivity index (χ4v) is 3.24.